The molecule has 2 aromatic carbocycles. The third-order valence-electron chi connectivity index (χ3n) is 4.43. The van der Waals surface area contributed by atoms with Crippen molar-refractivity contribution in [1.82, 2.24) is 15.2 Å². The largest absolute Gasteiger partial charge is 0.452 e. The summed E-state index contributed by atoms with van der Waals surface area (Å²) in [6.45, 7) is 3.55. The zero-order valence-electron chi connectivity index (χ0n) is 16.2. The van der Waals surface area contributed by atoms with Crippen molar-refractivity contribution < 1.29 is 18.9 Å². The molecule has 0 radical (unpaired) electrons. The van der Waals surface area contributed by atoms with Crippen molar-refractivity contribution in [3.63, 3.8) is 0 Å². The van der Waals surface area contributed by atoms with Crippen molar-refractivity contribution >= 4 is 22.6 Å². The van der Waals surface area contributed by atoms with Crippen LogP contribution in [0.1, 0.15) is 27.5 Å². The van der Waals surface area contributed by atoms with Gasteiger partial charge >= 0.3 is 5.97 Å². The van der Waals surface area contributed by atoms with Crippen LogP contribution in [0.3, 0.4) is 0 Å². The normalized spacial score (nSPS) is 10.9. The lowest BCUT2D eigenvalue weighted by Crippen LogP contribution is -2.07. The van der Waals surface area contributed by atoms with E-state index in [1.807, 2.05) is 32.0 Å². The molecule has 0 spiro atoms. The Morgan fingerprint density at radius 1 is 1.10 bits per heavy atom. The Kier molecular flexibility index (Phi) is 4.93. The highest BCUT2D eigenvalue weighted by atomic mass is 16.6. The number of esters is 1. The quantitative estimate of drug-likeness (QED) is 0.276. The molecule has 150 valence electrons. The Balaban J connectivity index is 1.51. The average molecular weight is 404 g/mol. The molecule has 4 aromatic rings. The van der Waals surface area contributed by atoms with Crippen LogP contribution in [0.5, 0.6) is 0 Å². The lowest BCUT2D eigenvalue weighted by atomic mass is 10.1. The van der Waals surface area contributed by atoms with Crippen molar-refractivity contribution in [3.8, 4) is 11.5 Å². The van der Waals surface area contributed by atoms with Gasteiger partial charge in [-0.25, -0.2) is 4.79 Å². The molecule has 30 heavy (non-hydrogen) atoms. The Morgan fingerprint density at radius 3 is 2.60 bits per heavy atom. The highest BCUT2D eigenvalue weighted by molar-refractivity contribution is 6.03. The van der Waals surface area contributed by atoms with Crippen LogP contribution in [-0.2, 0) is 11.3 Å². The minimum Gasteiger partial charge on any atom is -0.452 e. The maximum Gasteiger partial charge on any atom is 0.339 e. The van der Waals surface area contributed by atoms with E-state index >= 15 is 0 Å². The molecule has 0 N–H and O–H groups in total. The van der Waals surface area contributed by atoms with Gasteiger partial charge in [-0.3, -0.25) is 15.1 Å². The average Bonchev–Trinajstić information content (AvgIpc) is 3.21. The molecule has 2 heterocycles. The van der Waals surface area contributed by atoms with Gasteiger partial charge in [0.2, 0.25) is 5.89 Å². The molecule has 0 atom stereocenters. The van der Waals surface area contributed by atoms with E-state index < -0.39 is 10.9 Å². The van der Waals surface area contributed by atoms with Crippen LogP contribution in [0.4, 0.5) is 5.69 Å². The highest BCUT2D eigenvalue weighted by Gasteiger charge is 2.16. The van der Waals surface area contributed by atoms with E-state index in [0.29, 0.717) is 27.7 Å². The van der Waals surface area contributed by atoms with Gasteiger partial charge in [0.15, 0.2) is 6.61 Å². The zero-order valence-corrected chi connectivity index (χ0v) is 16.2. The number of aryl methyl sites for hydroxylation is 2. The van der Waals surface area contributed by atoms with Crippen LogP contribution in [0.2, 0.25) is 0 Å². The number of benzene rings is 2. The second-order valence-corrected chi connectivity index (χ2v) is 6.71. The molecular formula is C21H16N4O5. The first-order chi connectivity index (χ1) is 14.4. The van der Waals surface area contributed by atoms with Crippen molar-refractivity contribution in [2.45, 2.75) is 20.5 Å². The van der Waals surface area contributed by atoms with Gasteiger partial charge in [0.05, 0.1) is 16.0 Å². The van der Waals surface area contributed by atoms with Gasteiger partial charge in [-0.2, -0.15) is 0 Å². The molecule has 0 amide bonds. The van der Waals surface area contributed by atoms with Crippen molar-refractivity contribution in [3.05, 3.63) is 81.4 Å². The number of carbonyl (C=O) groups excluding carboxylic acids is 1. The van der Waals surface area contributed by atoms with Crippen LogP contribution >= 0.6 is 0 Å². The summed E-state index contributed by atoms with van der Waals surface area (Å²) in [5.74, 6) is -0.231. The number of nitrogens with zero attached hydrogens (tertiary/aromatic N) is 4. The molecule has 0 saturated heterocycles. The second-order valence-electron chi connectivity index (χ2n) is 6.71. The zero-order chi connectivity index (χ0) is 21.3. The SMILES string of the molecule is Cc1ccc2nc(C)cc(C(=O)OCc3nnc(-c4ccc([N+](=O)[O-])cc4)o3)c2c1. The van der Waals surface area contributed by atoms with Crippen LogP contribution in [0, 0.1) is 24.0 Å². The number of non-ortho nitro benzene ring substituents is 1. The Labute approximate surface area is 170 Å². The van der Waals surface area contributed by atoms with E-state index in [1.54, 1.807) is 6.07 Å². The summed E-state index contributed by atoms with van der Waals surface area (Å²) in [6, 6.07) is 13.1. The van der Waals surface area contributed by atoms with Gasteiger partial charge in [-0.1, -0.05) is 11.6 Å². The van der Waals surface area contributed by atoms with Crippen LogP contribution in [-0.4, -0.2) is 26.1 Å². The van der Waals surface area contributed by atoms with Gasteiger partial charge in [0.25, 0.3) is 11.6 Å². The van der Waals surface area contributed by atoms with E-state index in [0.717, 1.165) is 5.56 Å². The third kappa shape index (κ3) is 3.86. The number of nitro groups is 1. The summed E-state index contributed by atoms with van der Waals surface area (Å²) in [7, 11) is 0. The van der Waals surface area contributed by atoms with Crippen molar-refractivity contribution in [1.29, 1.82) is 0 Å². The van der Waals surface area contributed by atoms with Crippen molar-refractivity contribution in [2.75, 3.05) is 0 Å². The first kappa shape index (κ1) is 19.2. The minimum absolute atomic E-state index is 0.0393. The molecule has 0 aliphatic rings. The maximum atomic E-state index is 12.7. The van der Waals surface area contributed by atoms with Crippen LogP contribution < -0.4 is 0 Å². The van der Waals surface area contributed by atoms with E-state index in [4.69, 9.17) is 9.15 Å². The number of aromatic nitrogens is 3. The summed E-state index contributed by atoms with van der Waals surface area (Å²) in [4.78, 5) is 27.4. The highest BCUT2D eigenvalue weighted by Crippen LogP contribution is 2.23. The number of hydrogen-bond donors (Lipinski definition) is 0. The van der Waals surface area contributed by atoms with Crippen molar-refractivity contribution in [2.24, 2.45) is 0 Å². The molecule has 0 saturated carbocycles. The van der Waals surface area contributed by atoms with Gasteiger partial charge in [-0.05, 0) is 44.2 Å². The standard InChI is InChI=1S/C21H16N4O5/c1-12-3-8-18-16(9-12)17(10-13(2)22-18)21(26)29-11-19-23-24-20(30-19)14-4-6-15(7-5-14)25(27)28/h3-10H,11H2,1-2H3. The maximum absolute atomic E-state index is 12.7. The Hall–Kier alpha value is -4.14. The van der Waals surface area contributed by atoms with E-state index in [2.05, 4.69) is 15.2 Å². The predicted molar refractivity (Wildman–Crippen MR) is 107 cm³/mol. The summed E-state index contributed by atoms with van der Waals surface area (Å²) >= 11 is 0. The number of fused-ring (bicyclic) bond motifs is 1. The summed E-state index contributed by atoms with van der Waals surface area (Å²) in [6.07, 6.45) is 0. The molecule has 2 aromatic heterocycles. The fraction of sp³-hybridized carbons (Fsp3) is 0.143. The number of carbonyl (C=O) groups is 1. The van der Waals surface area contributed by atoms with Gasteiger partial charge in [-0.15, -0.1) is 10.2 Å². The molecule has 0 aliphatic carbocycles. The summed E-state index contributed by atoms with van der Waals surface area (Å²) in [5, 5.41) is 19.2. The van der Waals surface area contributed by atoms with Gasteiger partial charge in [0, 0.05) is 28.8 Å². The molecule has 0 unspecified atom stereocenters. The number of pyridine rings is 1. The number of nitro benzene ring substituents is 1. The minimum atomic E-state index is -0.522. The molecule has 4 rings (SSSR count). The van der Waals surface area contributed by atoms with Crippen LogP contribution in [0.25, 0.3) is 22.4 Å². The molecule has 9 heteroatoms. The van der Waals surface area contributed by atoms with E-state index in [9.17, 15) is 14.9 Å². The molecule has 0 fully saturated rings. The first-order valence-corrected chi connectivity index (χ1v) is 9.03. The molecule has 9 nitrogen and oxygen atoms in total. The molecule has 0 aliphatic heterocycles. The summed E-state index contributed by atoms with van der Waals surface area (Å²) in [5.41, 5.74) is 3.32. The molecular weight excluding hydrogens is 388 g/mol. The molecule has 0 bridgehead atoms. The number of rotatable bonds is 5. The Morgan fingerprint density at radius 2 is 1.87 bits per heavy atom. The van der Waals surface area contributed by atoms with E-state index in [1.165, 1.54) is 24.3 Å². The summed E-state index contributed by atoms with van der Waals surface area (Å²) < 4.78 is 10.9. The predicted octanol–water partition coefficient (Wildman–Crippen LogP) is 4.17. The van der Waals surface area contributed by atoms with Gasteiger partial charge in [0.1, 0.15) is 0 Å². The fourth-order valence-electron chi connectivity index (χ4n) is 3.00. The third-order valence-corrected chi connectivity index (χ3v) is 4.43. The topological polar surface area (TPSA) is 121 Å². The fourth-order valence-corrected chi connectivity index (χ4v) is 3.00. The lowest BCUT2D eigenvalue weighted by molar-refractivity contribution is -0.384. The monoisotopic (exact) mass is 404 g/mol. The second kappa shape index (κ2) is 7.70. The smallest absolute Gasteiger partial charge is 0.339 e. The van der Waals surface area contributed by atoms with Gasteiger partial charge < -0.3 is 9.15 Å². The van der Waals surface area contributed by atoms with E-state index in [-0.39, 0.29) is 24.1 Å². The number of hydrogen-bond acceptors (Lipinski definition) is 8. The first-order valence-electron chi connectivity index (χ1n) is 9.03. The number of ether oxygens (including phenoxy) is 1. The Bertz CT molecular complexity index is 1260. The lowest BCUT2D eigenvalue weighted by Gasteiger charge is -2.08. The van der Waals surface area contributed by atoms with Crippen LogP contribution in [0.15, 0.2) is 52.9 Å².